The first kappa shape index (κ1) is 19.1. The lowest BCUT2D eigenvalue weighted by Crippen LogP contribution is -2.87. The average molecular weight is 346 g/mol. The van der Waals surface area contributed by atoms with E-state index in [-0.39, 0.29) is 0 Å². The van der Waals surface area contributed by atoms with Crippen LogP contribution >= 0.6 is 0 Å². The van der Waals surface area contributed by atoms with E-state index in [2.05, 4.69) is 5.32 Å². The molecule has 2 rings (SSSR count). The fourth-order valence-electron chi connectivity index (χ4n) is 2.58. The molecular formula is C20H28NO4+. The van der Waals surface area contributed by atoms with E-state index in [1.165, 1.54) is 5.56 Å². The topological polar surface area (TPSA) is 64.5 Å². The van der Waals surface area contributed by atoms with Gasteiger partial charge < -0.3 is 24.6 Å². The first-order valence-corrected chi connectivity index (χ1v) is 8.52. The molecule has 0 aliphatic carbocycles. The molecule has 2 aromatic rings. The molecular weight excluding hydrogens is 318 g/mol. The summed E-state index contributed by atoms with van der Waals surface area (Å²) in [4.78, 5) is 0. The Morgan fingerprint density at radius 3 is 2.56 bits per heavy atom. The summed E-state index contributed by atoms with van der Waals surface area (Å²) in [7, 11) is 3.27. The Bertz CT molecular complexity index is 660. The highest BCUT2D eigenvalue weighted by Crippen LogP contribution is 2.27. The number of hydrogen-bond acceptors (Lipinski definition) is 4. The highest BCUT2D eigenvalue weighted by atomic mass is 16.5. The minimum atomic E-state index is -0.495. The minimum Gasteiger partial charge on any atom is -0.493 e. The maximum atomic E-state index is 10.0. The van der Waals surface area contributed by atoms with Crippen molar-refractivity contribution in [3.8, 4) is 17.2 Å². The number of nitrogens with two attached hydrogens (primary N) is 1. The first-order valence-electron chi connectivity index (χ1n) is 8.52. The third-order valence-electron chi connectivity index (χ3n) is 3.96. The lowest BCUT2D eigenvalue weighted by Gasteiger charge is -2.12. The molecule has 0 fully saturated rings. The molecule has 0 spiro atoms. The van der Waals surface area contributed by atoms with Crippen molar-refractivity contribution >= 4 is 0 Å². The van der Waals surface area contributed by atoms with Gasteiger partial charge >= 0.3 is 0 Å². The zero-order valence-electron chi connectivity index (χ0n) is 15.2. The van der Waals surface area contributed by atoms with E-state index >= 15 is 0 Å². The second-order valence-corrected chi connectivity index (χ2v) is 6.03. The van der Waals surface area contributed by atoms with Gasteiger partial charge in [-0.1, -0.05) is 18.2 Å². The van der Waals surface area contributed by atoms with Crippen molar-refractivity contribution < 1.29 is 24.6 Å². The summed E-state index contributed by atoms with van der Waals surface area (Å²) in [5, 5.41) is 12.1. The Morgan fingerprint density at radius 1 is 1.04 bits per heavy atom. The summed E-state index contributed by atoms with van der Waals surface area (Å²) >= 11 is 0. The van der Waals surface area contributed by atoms with Crippen LogP contribution in [-0.4, -0.2) is 45.1 Å². The molecule has 0 saturated carbocycles. The zero-order valence-corrected chi connectivity index (χ0v) is 15.2. The Kier molecular flexibility index (Phi) is 7.57. The molecule has 0 amide bonds. The SMILES string of the molecule is COc1ccc(CC[NH2+]C[C@@H](O)COc2cccc(C)c2)cc1OC. The van der Waals surface area contributed by atoms with E-state index < -0.39 is 6.10 Å². The van der Waals surface area contributed by atoms with Crippen LogP contribution in [0.25, 0.3) is 0 Å². The maximum Gasteiger partial charge on any atom is 0.160 e. The summed E-state index contributed by atoms with van der Waals surface area (Å²) in [6.45, 7) is 3.82. The largest absolute Gasteiger partial charge is 0.493 e. The smallest absolute Gasteiger partial charge is 0.160 e. The van der Waals surface area contributed by atoms with Crippen LogP contribution in [-0.2, 0) is 6.42 Å². The van der Waals surface area contributed by atoms with Crippen molar-refractivity contribution in [2.24, 2.45) is 0 Å². The molecule has 0 bridgehead atoms. The van der Waals surface area contributed by atoms with Gasteiger partial charge in [0, 0.05) is 6.42 Å². The van der Waals surface area contributed by atoms with Crippen LogP contribution in [0.1, 0.15) is 11.1 Å². The van der Waals surface area contributed by atoms with E-state index in [9.17, 15) is 5.11 Å². The Balaban J connectivity index is 1.68. The maximum absolute atomic E-state index is 10.0. The molecule has 1 atom stereocenters. The number of aryl methyl sites for hydroxylation is 1. The second-order valence-electron chi connectivity index (χ2n) is 6.03. The van der Waals surface area contributed by atoms with Gasteiger partial charge in [0.25, 0.3) is 0 Å². The number of methoxy groups -OCH3 is 2. The van der Waals surface area contributed by atoms with E-state index in [4.69, 9.17) is 14.2 Å². The number of quaternary nitrogens is 1. The molecule has 0 aliphatic heterocycles. The van der Waals surface area contributed by atoms with E-state index in [1.807, 2.05) is 49.4 Å². The molecule has 0 radical (unpaired) electrons. The molecule has 0 aromatic heterocycles. The molecule has 3 N–H and O–H groups in total. The van der Waals surface area contributed by atoms with Crippen LogP contribution in [0.4, 0.5) is 0 Å². The van der Waals surface area contributed by atoms with Gasteiger partial charge in [-0.15, -0.1) is 0 Å². The predicted molar refractivity (Wildman–Crippen MR) is 97.6 cm³/mol. The second kappa shape index (κ2) is 9.91. The number of aliphatic hydroxyl groups excluding tert-OH is 1. The average Bonchev–Trinajstić information content (AvgIpc) is 2.63. The van der Waals surface area contributed by atoms with Gasteiger partial charge in [-0.3, -0.25) is 0 Å². The van der Waals surface area contributed by atoms with Crippen LogP contribution in [0.3, 0.4) is 0 Å². The summed E-state index contributed by atoms with van der Waals surface area (Å²) in [6, 6.07) is 13.8. The molecule has 2 aromatic carbocycles. The van der Waals surface area contributed by atoms with Gasteiger partial charge in [-0.2, -0.15) is 0 Å². The van der Waals surface area contributed by atoms with E-state index in [0.717, 1.165) is 35.8 Å². The van der Waals surface area contributed by atoms with Crippen LogP contribution < -0.4 is 19.5 Å². The monoisotopic (exact) mass is 346 g/mol. The van der Waals surface area contributed by atoms with Gasteiger partial charge in [0.2, 0.25) is 0 Å². The van der Waals surface area contributed by atoms with Crippen LogP contribution in [0.15, 0.2) is 42.5 Å². The summed E-state index contributed by atoms with van der Waals surface area (Å²) < 4.78 is 16.2. The highest BCUT2D eigenvalue weighted by Gasteiger charge is 2.09. The van der Waals surface area contributed by atoms with Crippen molar-refractivity contribution in [3.05, 3.63) is 53.6 Å². The van der Waals surface area contributed by atoms with E-state index in [0.29, 0.717) is 13.2 Å². The van der Waals surface area contributed by atoms with Gasteiger partial charge in [-0.25, -0.2) is 0 Å². The van der Waals surface area contributed by atoms with Crippen molar-refractivity contribution in [2.45, 2.75) is 19.4 Å². The van der Waals surface area contributed by atoms with Crippen LogP contribution in [0.2, 0.25) is 0 Å². The fourth-order valence-corrected chi connectivity index (χ4v) is 2.58. The van der Waals surface area contributed by atoms with Gasteiger partial charge in [0.1, 0.15) is 25.0 Å². The molecule has 0 aliphatic rings. The summed E-state index contributed by atoms with van der Waals surface area (Å²) in [5.74, 6) is 2.27. The molecule has 5 heteroatoms. The third-order valence-corrected chi connectivity index (χ3v) is 3.96. The quantitative estimate of drug-likeness (QED) is 0.641. The number of aliphatic hydroxyl groups is 1. The van der Waals surface area contributed by atoms with Crippen molar-refractivity contribution in [1.29, 1.82) is 0 Å². The molecule has 136 valence electrons. The highest BCUT2D eigenvalue weighted by molar-refractivity contribution is 5.42. The lowest BCUT2D eigenvalue weighted by molar-refractivity contribution is -0.660. The Hall–Kier alpha value is -2.24. The van der Waals surface area contributed by atoms with Gasteiger partial charge in [0.05, 0.1) is 20.8 Å². The standard InChI is InChI=1S/C20H27NO4/c1-15-5-4-6-18(11-15)25-14-17(22)13-21-10-9-16-7-8-19(23-2)20(12-16)24-3/h4-8,11-12,17,21-22H,9-10,13-14H2,1-3H3/p+1/t17-/m1/s1. The predicted octanol–water partition coefficient (Wildman–Crippen LogP) is 1.56. The molecule has 0 saturated heterocycles. The number of rotatable bonds is 10. The lowest BCUT2D eigenvalue weighted by atomic mass is 10.1. The molecule has 0 heterocycles. The third kappa shape index (κ3) is 6.29. The Labute approximate surface area is 149 Å². The van der Waals surface area contributed by atoms with Crippen LogP contribution in [0.5, 0.6) is 17.2 Å². The molecule has 0 unspecified atom stereocenters. The van der Waals surface area contributed by atoms with Crippen molar-refractivity contribution in [3.63, 3.8) is 0 Å². The molecule has 5 nitrogen and oxygen atoms in total. The fraction of sp³-hybridized carbons (Fsp3) is 0.400. The van der Waals surface area contributed by atoms with Crippen molar-refractivity contribution in [1.82, 2.24) is 0 Å². The van der Waals surface area contributed by atoms with Gasteiger partial charge in [0.15, 0.2) is 11.5 Å². The minimum absolute atomic E-state index is 0.302. The number of hydrogen-bond donors (Lipinski definition) is 2. The Morgan fingerprint density at radius 2 is 1.84 bits per heavy atom. The van der Waals surface area contributed by atoms with E-state index in [1.54, 1.807) is 14.2 Å². The normalized spacial score (nSPS) is 11.8. The zero-order chi connectivity index (χ0) is 18.1. The molecule has 25 heavy (non-hydrogen) atoms. The van der Waals surface area contributed by atoms with Gasteiger partial charge in [-0.05, 0) is 42.3 Å². The summed E-state index contributed by atoms with van der Waals surface area (Å²) in [6.07, 6.45) is 0.400. The number of benzene rings is 2. The number of ether oxygens (including phenoxy) is 3. The van der Waals surface area contributed by atoms with Crippen molar-refractivity contribution in [2.75, 3.05) is 33.9 Å². The van der Waals surface area contributed by atoms with Crippen LogP contribution in [0, 0.1) is 6.92 Å². The summed E-state index contributed by atoms with van der Waals surface area (Å²) in [5.41, 5.74) is 2.33. The first-order chi connectivity index (χ1) is 12.1.